The Labute approximate surface area is 121 Å². The van der Waals surface area contributed by atoms with E-state index in [1.807, 2.05) is 0 Å². The minimum Gasteiger partial charge on any atom is -0.496 e. The highest BCUT2D eigenvalue weighted by Gasteiger charge is 2.24. The highest BCUT2D eigenvalue weighted by atomic mass is 19.1. The maximum atomic E-state index is 14.0. The average molecular weight is 287 g/mol. The summed E-state index contributed by atoms with van der Waals surface area (Å²) < 4.78 is 19.2. The third-order valence-electron chi connectivity index (χ3n) is 3.56. The van der Waals surface area contributed by atoms with Crippen molar-refractivity contribution in [1.29, 1.82) is 0 Å². The summed E-state index contributed by atoms with van der Waals surface area (Å²) >= 11 is 0. The van der Waals surface area contributed by atoms with E-state index in [1.165, 1.54) is 13.2 Å². The van der Waals surface area contributed by atoms with Crippen LogP contribution in [0.5, 0.6) is 5.75 Å². The van der Waals surface area contributed by atoms with E-state index in [9.17, 15) is 14.3 Å². The van der Waals surface area contributed by atoms with Gasteiger partial charge in [0.25, 0.3) is 0 Å². The number of aliphatic hydroxyl groups is 1. The number of ether oxygens (including phenoxy) is 1. The molecule has 0 spiro atoms. The van der Waals surface area contributed by atoms with Crippen LogP contribution in [0.3, 0.4) is 0 Å². The van der Waals surface area contributed by atoms with Gasteiger partial charge in [-0.15, -0.1) is 0 Å². The molecule has 1 unspecified atom stereocenters. The molecule has 2 aromatic rings. The molecule has 0 radical (unpaired) electrons. The minimum atomic E-state index is -1.02. The number of fused-ring (bicyclic) bond motifs is 1. The van der Waals surface area contributed by atoms with E-state index in [-0.39, 0.29) is 18.0 Å². The number of anilines is 1. The lowest BCUT2D eigenvalue weighted by Gasteiger charge is -2.16. The van der Waals surface area contributed by atoms with Gasteiger partial charge in [-0.3, -0.25) is 4.79 Å². The van der Waals surface area contributed by atoms with Crippen LogP contribution in [0.2, 0.25) is 0 Å². The fraction of sp³-hybridized carbons (Fsp3) is 0.188. The summed E-state index contributed by atoms with van der Waals surface area (Å²) in [4.78, 5) is 11.3. The Kier molecular flexibility index (Phi) is 3.35. The highest BCUT2D eigenvalue weighted by Crippen LogP contribution is 2.34. The Hall–Kier alpha value is -2.40. The van der Waals surface area contributed by atoms with Gasteiger partial charge in [-0.25, -0.2) is 4.39 Å². The van der Waals surface area contributed by atoms with Crippen LogP contribution < -0.4 is 10.1 Å². The fourth-order valence-corrected chi connectivity index (χ4v) is 2.55. The first-order valence-corrected chi connectivity index (χ1v) is 6.53. The first kappa shape index (κ1) is 13.6. The predicted molar refractivity (Wildman–Crippen MR) is 75.8 cm³/mol. The van der Waals surface area contributed by atoms with E-state index < -0.39 is 11.9 Å². The number of para-hydroxylation sites is 1. The third-order valence-corrected chi connectivity index (χ3v) is 3.56. The molecular formula is C16H14FNO3. The lowest BCUT2D eigenvalue weighted by molar-refractivity contribution is -0.115. The number of halogens is 1. The zero-order valence-corrected chi connectivity index (χ0v) is 11.4. The van der Waals surface area contributed by atoms with Crippen molar-refractivity contribution in [3.63, 3.8) is 0 Å². The molecule has 4 nitrogen and oxygen atoms in total. The molecule has 0 saturated heterocycles. The van der Waals surface area contributed by atoms with E-state index in [0.29, 0.717) is 22.4 Å². The van der Waals surface area contributed by atoms with E-state index in [4.69, 9.17) is 4.74 Å². The van der Waals surface area contributed by atoms with Gasteiger partial charge in [-0.2, -0.15) is 0 Å². The van der Waals surface area contributed by atoms with Crippen molar-refractivity contribution in [2.75, 3.05) is 12.4 Å². The molecule has 1 aliphatic rings. The summed E-state index contributed by atoms with van der Waals surface area (Å²) in [5.41, 5.74) is 1.71. The van der Waals surface area contributed by atoms with Gasteiger partial charge in [-0.05, 0) is 23.3 Å². The number of hydrogen-bond donors (Lipinski definition) is 2. The Morgan fingerprint density at radius 3 is 2.86 bits per heavy atom. The van der Waals surface area contributed by atoms with Gasteiger partial charge < -0.3 is 15.2 Å². The second-order valence-corrected chi connectivity index (χ2v) is 4.91. The number of carbonyl (C=O) groups excluding carboxylic acids is 1. The van der Waals surface area contributed by atoms with Crippen LogP contribution in [-0.4, -0.2) is 18.1 Å². The molecule has 0 aromatic heterocycles. The highest BCUT2D eigenvalue weighted by molar-refractivity contribution is 5.99. The molecule has 1 amide bonds. The van der Waals surface area contributed by atoms with Crippen molar-refractivity contribution < 1.29 is 19.0 Å². The van der Waals surface area contributed by atoms with Crippen molar-refractivity contribution in [1.82, 2.24) is 0 Å². The van der Waals surface area contributed by atoms with Crippen LogP contribution in [-0.2, 0) is 11.2 Å². The lowest BCUT2D eigenvalue weighted by atomic mass is 9.98. The van der Waals surface area contributed by atoms with Crippen molar-refractivity contribution in [3.8, 4) is 5.75 Å². The van der Waals surface area contributed by atoms with Gasteiger partial charge in [0.1, 0.15) is 17.7 Å². The van der Waals surface area contributed by atoms with Crippen LogP contribution in [0.1, 0.15) is 22.8 Å². The molecule has 2 N–H and O–H groups in total. The van der Waals surface area contributed by atoms with Crippen molar-refractivity contribution in [2.45, 2.75) is 12.5 Å². The normalized spacial score (nSPS) is 14.5. The summed E-state index contributed by atoms with van der Waals surface area (Å²) in [6.45, 7) is 0. The number of carbonyl (C=O) groups is 1. The minimum absolute atomic E-state index is 0.124. The number of rotatable bonds is 3. The Balaban J connectivity index is 2.03. The molecule has 0 bridgehead atoms. The summed E-state index contributed by atoms with van der Waals surface area (Å²) in [5.74, 6) is -0.254. The molecule has 2 aromatic carbocycles. The molecule has 108 valence electrons. The summed E-state index contributed by atoms with van der Waals surface area (Å²) in [6, 6.07) is 9.90. The van der Waals surface area contributed by atoms with Crippen LogP contribution in [0.15, 0.2) is 36.4 Å². The zero-order valence-electron chi connectivity index (χ0n) is 11.4. The van der Waals surface area contributed by atoms with Crippen molar-refractivity contribution >= 4 is 11.6 Å². The Morgan fingerprint density at radius 1 is 1.33 bits per heavy atom. The molecule has 3 rings (SSSR count). The first-order valence-electron chi connectivity index (χ1n) is 6.53. The summed E-state index contributed by atoms with van der Waals surface area (Å²) in [7, 11) is 1.51. The monoisotopic (exact) mass is 287 g/mol. The number of hydrogen-bond acceptors (Lipinski definition) is 3. The third kappa shape index (κ3) is 2.36. The maximum absolute atomic E-state index is 14.0. The van der Waals surface area contributed by atoms with E-state index in [2.05, 4.69) is 5.32 Å². The standard InChI is InChI=1S/C16H14FNO3/c1-21-13-5-3-2-4-11(13)16(20)10-6-9-8-14(19)18-15(9)12(17)7-10/h2-7,16,20H,8H2,1H3,(H,18,19). The molecule has 1 heterocycles. The smallest absolute Gasteiger partial charge is 0.228 e. The van der Waals surface area contributed by atoms with E-state index >= 15 is 0 Å². The van der Waals surface area contributed by atoms with Crippen LogP contribution in [0.4, 0.5) is 10.1 Å². The average Bonchev–Trinajstić information content (AvgIpc) is 2.87. The van der Waals surface area contributed by atoms with Gasteiger partial charge in [0.2, 0.25) is 5.91 Å². The molecule has 1 aliphatic heterocycles. The predicted octanol–water partition coefficient (Wildman–Crippen LogP) is 2.41. The molecule has 0 aliphatic carbocycles. The molecule has 0 fully saturated rings. The number of benzene rings is 2. The van der Waals surface area contributed by atoms with Gasteiger partial charge in [-0.1, -0.05) is 24.3 Å². The van der Waals surface area contributed by atoms with Gasteiger partial charge in [0.05, 0.1) is 19.2 Å². The Morgan fingerprint density at radius 2 is 2.10 bits per heavy atom. The molecular weight excluding hydrogens is 273 g/mol. The van der Waals surface area contributed by atoms with Gasteiger partial charge in [0, 0.05) is 5.56 Å². The topological polar surface area (TPSA) is 58.6 Å². The molecule has 1 atom stereocenters. The van der Waals surface area contributed by atoms with Gasteiger partial charge >= 0.3 is 0 Å². The SMILES string of the molecule is COc1ccccc1C(O)c1cc(F)c2c(c1)CC(=O)N2. The molecule has 5 heteroatoms. The van der Waals surface area contributed by atoms with Crippen LogP contribution in [0.25, 0.3) is 0 Å². The van der Waals surface area contributed by atoms with Crippen molar-refractivity contribution in [2.24, 2.45) is 0 Å². The van der Waals surface area contributed by atoms with E-state index in [0.717, 1.165) is 0 Å². The second kappa shape index (κ2) is 5.18. The fourth-order valence-electron chi connectivity index (χ4n) is 2.55. The van der Waals surface area contributed by atoms with Crippen LogP contribution in [0, 0.1) is 5.82 Å². The maximum Gasteiger partial charge on any atom is 0.228 e. The molecule has 0 saturated carbocycles. The molecule has 21 heavy (non-hydrogen) atoms. The second-order valence-electron chi connectivity index (χ2n) is 4.91. The number of amides is 1. The number of aliphatic hydroxyl groups excluding tert-OH is 1. The lowest BCUT2D eigenvalue weighted by Crippen LogP contribution is -2.05. The zero-order chi connectivity index (χ0) is 15.0. The number of methoxy groups -OCH3 is 1. The van der Waals surface area contributed by atoms with Gasteiger partial charge in [0.15, 0.2) is 0 Å². The number of nitrogens with one attached hydrogen (secondary N) is 1. The summed E-state index contributed by atoms with van der Waals surface area (Å²) in [5, 5.41) is 12.9. The quantitative estimate of drug-likeness (QED) is 0.911. The largest absolute Gasteiger partial charge is 0.496 e. The first-order chi connectivity index (χ1) is 10.1. The summed E-state index contributed by atoms with van der Waals surface area (Å²) in [6.07, 6.45) is -0.893. The van der Waals surface area contributed by atoms with Crippen molar-refractivity contribution in [3.05, 3.63) is 58.9 Å². The Bertz CT molecular complexity index is 715. The van der Waals surface area contributed by atoms with E-state index in [1.54, 1.807) is 30.3 Å². The van der Waals surface area contributed by atoms with Crippen LogP contribution >= 0.6 is 0 Å².